The molecule has 0 saturated heterocycles. The molecule has 0 aromatic heterocycles. The van der Waals surface area contributed by atoms with Crippen molar-refractivity contribution in [1.82, 2.24) is 4.90 Å². The van der Waals surface area contributed by atoms with E-state index in [9.17, 15) is 4.79 Å². The highest BCUT2D eigenvalue weighted by atomic mass is 16.5. The number of ether oxygens (including phenoxy) is 2. The number of hydrogen-bond donors (Lipinski definition) is 1. The van der Waals surface area contributed by atoms with Gasteiger partial charge in [0.15, 0.2) is 0 Å². The van der Waals surface area contributed by atoms with E-state index in [2.05, 4.69) is 5.32 Å². The number of benzene rings is 2. The molecule has 0 aliphatic heterocycles. The molecule has 2 aromatic carbocycles. The molecule has 2 rings (SSSR count). The second-order valence-electron chi connectivity index (χ2n) is 6.36. The Kier molecular flexibility index (Phi) is 7.04. The normalized spacial score (nSPS) is 11.9. The van der Waals surface area contributed by atoms with Crippen LogP contribution in [0.3, 0.4) is 0 Å². The van der Waals surface area contributed by atoms with E-state index in [1.807, 2.05) is 75.2 Å². The summed E-state index contributed by atoms with van der Waals surface area (Å²) in [6.07, 6.45) is 0. The van der Waals surface area contributed by atoms with Gasteiger partial charge in [0.1, 0.15) is 11.5 Å². The van der Waals surface area contributed by atoms with E-state index in [1.165, 1.54) is 0 Å². The number of aryl methyl sites for hydroxylation is 1. The standard InChI is InChI=1S/C21H28N2O3/c1-6-26-18-10-8-17(9-11-18)14-23(4)16(3)21(24)22-19-13-15(2)7-12-20(19)25-5/h7-13,16H,6,14H2,1-5H3,(H,22,24)/t16-/m0/s1. The van der Waals surface area contributed by atoms with Crippen LogP contribution < -0.4 is 14.8 Å². The monoisotopic (exact) mass is 356 g/mol. The fourth-order valence-corrected chi connectivity index (χ4v) is 2.64. The van der Waals surface area contributed by atoms with Crippen molar-refractivity contribution in [3.8, 4) is 11.5 Å². The van der Waals surface area contributed by atoms with Crippen LogP contribution in [0.2, 0.25) is 0 Å². The van der Waals surface area contributed by atoms with E-state index >= 15 is 0 Å². The molecule has 0 radical (unpaired) electrons. The van der Waals surface area contributed by atoms with Crippen LogP contribution in [0.25, 0.3) is 0 Å². The summed E-state index contributed by atoms with van der Waals surface area (Å²) >= 11 is 0. The molecular weight excluding hydrogens is 328 g/mol. The van der Waals surface area contributed by atoms with Gasteiger partial charge in [0.25, 0.3) is 0 Å². The van der Waals surface area contributed by atoms with Crippen molar-refractivity contribution in [2.75, 3.05) is 26.1 Å². The predicted octanol–water partition coefficient (Wildman–Crippen LogP) is 3.86. The van der Waals surface area contributed by atoms with E-state index in [0.717, 1.165) is 16.9 Å². The minimum atomic E-state index is -0.285. The highest BCUT2D eigenvalue weighted by Crippen LogP contribution is 2.25. The van der Waals surface area contributed by atoms with Crippen LogP contribution in [-0.4, -0.2) is 37.6 Å². The number of carbonyl (C=O) groups excluding carboxylic acids is 1. The Bertz CT molecular complexity index is 729. The summed E-state index contributed by atoms with van der Waals surface area (Å²) in [4.78, 5) is 14.6. The predicted molar refractivity (Wildman–Crippen MR) is 105 cm³/mol. The Morgan fingerprint density at radius 1 is 1.19 bits per heavy atom. The third kappa shape index (κ3) is 5.23. The summed E-state index contributed by atoms with van der Waals surface area (Å²) in [5.41, 5.74) is 2.89. The fourth-order valence-electron chi connectivity index (χ4n) is 2.64. The van der Waals surface area contributed by atoms with Crippen molar-refractivity contribution in [3.63, 3.8) is 0 Å². The van der Waals surface area contributed by atoms with Gasteiger partial charge in [0.05, 0.1) is 25.4 Å². The maximum atomic E-state index is 12.6. The van der Waals surface area contributed by atoms with E-state index in [4.69, 9.17) is 9.47 Å². The SMILES string of the molecule is CCOc1ccc(CN(C)[C@@H](C)C(=O)Nc2cc(C)ccc2OC)cc1. The van der Waals surface area contributed by atoms with Crippen molar-refractivity contribution in [1.29, 1.82) is 0 Å². The molecule has 0 unspecified atom stereocenters. The second kappa shape index (κ2) is 9.25. The van der Waals surface area contributed by atoms with Gasteiger partial charge in [-0.15, -0.1) is 0 Å². The molecule has 1 atom stereocenters. The fraction of sp³-hybridized carbons (Fsp3) is 0.381. The average Bonchev–Trinajstić information content (AvgIpc) is 2.63. The van der Waals surface area contributed by atoms with E-state index in [-0.39, 0.29) is 11.9 Å². The molecule has 1 amide bonds. The van der Waals surface area contributed by atoms with Crippen LogP contribution >= 0.6 is 0 Å². The third-order valence-corrected chi connectivity index (χ3v) is 4.32. The Labute approximate surface area is 155 Å². The number of carbonyl (C=O) groups is 1. The molecule has 1 N–H and O–H groups in total. The van der Waals surface area contributed by atoms with Gasteiger partial charge in [-0.3, -0.25) is 9.69 Å². The molecule has 140 valence electrons. The number of likely N-dealkylation sites (N-methyl/N-ethyl adjacent to an activating group) is 1. The second-order valence-corrected chi connectivity index (χ2v) is 6.36. The van der Waals surface area contributed by atoms with Crippen LogP contribution in [0.5, 0.6) is 11.5 Å². The van der Waals surface area contributed by atoms with Crippen molar-refractivity contribution in [2.24, 2.45) is 0 Å². The molecule has 0 heterocycles. The van der Waals surface area contributed by atoms with Gasteiger partial charge in [0.2, 0.25) is 5.91 Å². The lowest BCUT2D eigenvalue weighted by Crippen LogP contribution is -2.39. The number of nitrogens with one attached hydrogen (secondary N) is 1. The zero-order valence-electron chi connectivity index (χ0n) is 16.2. The molecule has 0 fully saturated rings. The molecule has 5 nitrogen and oxygen atoms in total. The van der Waals surface area contributed by atoms with Gasteiger partial charge in [-0.1, -0.05) is 18.2 Å². The number of anilines is 1. The summed E-state index contributed by atoms with van der Waals surface area (Å²) in [6, 6.07) is 13.4. The molecule has 0 spiro atoms. The van der Waals surface area contributed by atoms with Gasteiger partial charge in [-0.05, 0) is 63.2 Å². The lowest BCUT2D eigenvalue weighted by atomic mass is 10.1. The van der Waals surface area contributed by atoms with Gasteiger partial charge in [0, 0.05) is 6.54 Å². The van der Waals surface area contributed by atoms with Crippen molar-refractivity contribution in [3.05, 3.63) is 53.6 Å². The summed E-state index contributed by atoms with van der Waals surface area (Å²) in [5.74, 6) is 1.45. The highest BCUT2D eigenvalue weighted by molar-refractivity contribution is 5.95. The van der Waals surface area contributed by atoms with Gasteiger partial charge in [-0.2, -0.15) is 0 Å². The summed E-state index contributed by atoms with van der Waals surface area (Å²) < 4.78 is 10.8. The Morgan fingerprint density at radius 2 is 1.88 bits per heavy atom. The van der Waals surface area contributed by atoms with Crippen LogP contribution in [0, 0.1) is 6.92 Å². The first-order valence-corrected chi connectivity index (χ1v) is 8.82. The molecule has 0 aliphatic rings. The van der Waals surface area contributed by atoms with E-state index in [0.29, 0.717) is 24.6 Å². The maximum absolute atomic E-state index is 12.6. The quantitative estimate of drug-likeness (QED) is 0.780. The molecule has 26 heavy (non-hydrogen) atoms. The van der Waals surface area contributed by atoms with Gasteiger partial charge in [-0.25, -0.2) is 0 Å². The molecule has 2 aromatic rings. The van der Waals surface area contributed by atoms with E-state index in [1.54, 1.807) is 7.11 Å². The van der Waals surface area contributed by atoms with Gasteiger partial charge < -0.3 is 14.8 Å². The summed E-state index contributed by atoms with van der Waals surface area (Å²) in [5, 5.41) is 2.97. The maximum Gasteiger partial charge on any atom is 0.241 e. The first-order chi connectivity index (χ1) is 12.4. The number of nitrogens with zero attached hydrogens (tertiary/aromatic N) is 1. The number of rotatable bonds is 8. The average molecular weight is 356 g/mol. The zero-order valence-corrected chi connectivity index (χ0v) is 16.2. The Hall–Kier alpha value is -2.53. The minimum Gasteiger partial charge on any atom is -0.495 e. The lowest BCUT2D eigenvalue weighted by molar-refractivity contribution is -0.120. The third-order valence-electron chi connectivity index (χ3n) is 4.32. The van der Waals surface area contributed by atoms with Crippen molar-refractivity contribution in [2.45, 2.75) is 33.4 Å². The number of methoxy groups -OCH3 is 1. The summed E-state index contributed by atoms with van der Waals surface area (Å²) in [7, 11) is 3.54. The molecule has 0 saturated carbocycles. The smallest absolute Gasteiger partial charge is 0.241 e. The van der Waals surface area contributed by atoms with Crippen LogP contribution in [0.15, 0.2) is 42.5 Å². The number of hydrogen-bond acceptors (Lipinski definition) is 4. The lowest BCUT2D eigenvalue weighted by Gasteiger charge is -2.24. The first-order valence-electron chi connectivity index (χ1n) is 8.82. The Morgan fingerprint density at radius 3 is 2.50 bits per heavy atom. The molecule has 5 heteroatoms. The number of amides is 1. The zero-order chi connectivity index (χ0) is 19.1. The van der Waals surface area contributed by atoms with Crippen molar-refractivity contribution >= 4 is 11.6 Å². The summed E-state index contributed by atoms with van der Waals surface area (Å²) in [6.45, 7) is 7.17. The van der Waals surface area contributed by atoms with Crippen LogP contribution in [0.1, 0.15) is 25.0 Å². The van der Waals surface area contributed by atoms with E-state index < -0.39 is 0 Å². The molecule has 0 bridgehead atoms. The van der Waals surface area contributed by atoms with Crippen LogP contribution in [-0.2, 0) is 11.3 Å². The minimum absolute atomic E-state index is 0.0673. The first kappa shape index (κ1) is 19.8. The molecular formula is C21H28N2O3. The topological polar surface area (TPSA) is 50.8 Å². The highest BCUT2D eigenvalue weighted by Gasteiger charge is 2.19. The molecule has 0 aliphatic carbocycles. The largest absolute Gasteiger partial charge is 0.495 e. The Balaban J connectivity index is 1.99. The van der Waals surface area contributed by atoms with Crippen molar-refractivity contribution < 1.29 is 14.3 Å². The van der Waals surface area contributed by atoms with Gasteiger partial charge >= 0.3 is 0 Å². The van der Waals surface area contributed by atoms with Crippen LogP contribution in [0.4, 0.5) is 5.69 Å².